The van der Waals surface area contributed by atoms with Gasteiger partial charge in [0.1, 0.15) is 0 Å². The van der Waals surface area contributed by atoms with Gasteiger partial charge in [-0.25, -0.2) is 0 Å². The maximum atomic E-state index is 13.4. The van der Waals surface area contributed by atoms with Crippen LogP contribution in [0.1, 0.15) is 40.3 Å². The van der Waals surface area contributed by atoms with E-state index in [0.29, 0.717) is 5.56 Å². The molecule has 190 valence electrons. The summed E-state index contributed by atoms with van der Waals surface area (Å²) in [5, 5.41) is 14.9. The Morgan fingerprint density at radius 1 is 1.05 bits per heavy atom. The minimum absolute atomic E-state index is 0.110. The number of rotatable bonds is 8. The summed E-state index contributed by atoms with van der Waals surface area (Å²) < 4.78 is 44.2. The van der Waals surface area contributed by atoms with Gasteiger partial charge in [-0.05, 0) is 36.8 Å². The predicted molar refractivity (Wildman–Crippen MR) is 127 cm³/mol. The summed E-state index contributed by atoms with van der Waals surface area (Å²) >= 11 is 0. The van der Waals surface area contributed by atoms with Crippen molar-refractivity contribution in [3.63, 3.8) is 0 Å². The number of nitro benzene ring substituents is 1. The molecule has 1 heterocycles. The number of amides is 1. The van der Waals surface area contributed by atoms with Crippen molar-refractivity contribution in [1.82, 2.24) is 15.0 Å². The van der Waals surface area contributed by atoms with Crippen LogP contribution < -0.4 is 0 Å². The normalized spacial score (nSPS) is 12.2. The second-order valence-electron chi connectivity index (χ2n) is 8.23. The van der Waals surface area contributed by atoms with Crippen molar-refractivity contribution in [2.24, 2.45) is 0 Å². The maximum absolute atomic E-state index is 13.4. The fraction of sp³-hybridized carbons (Fsp3) is 0.192. The predicted octanol–water partition coefficient (Wildman–Crippen LogP) is 6.11. The number of halogens is 3. The van der Waals surface area contributed by atoms with Gasteiger partial charge in [0, 0.05) is 36.2 Å². The van der Waals surface area contributed by atoms with E-state index in [4.69, 9.17) is 4.52 Å². The minimum atomic E-state index is -4.51. The molecule has 37 heavy (non-hydrogen) atoms. The lowest BCUT2D eigenvalue weighted by Gasteiger charge is -2.29. The van der Waals surface area contributed by atoms with Crippen LogP contribution in [-0.2, 0) is 12.6 Å². The number of non-ortho nitro benzene ring substituents is 1. The number of benzene rings is 3. The summed E-state index contributed by atoms with van der Waals surface area (Å²) in [7, 11) is 0. The molecule has 0 spiro atoms. The standard InChI is InChI=1S/C26H21F3N4O4/c1-17(18-6-3-2-4-7-18)32(25(34)19-10-12-21(13-11-19)26(27,28)29)15-14-23-30-24(31-37-23)20-8-5-9-22(16-20)33(35)36/h2-13,16-17H,14-15H2,1H3/t17-/m1/s1. The Bertz CT molecular complexity index is 1390. The molecule has 0 saturated heterocycles. The summed E-state index contributed by atoms with van der Waals surface area (Å²) in [6, 6.07) is 18.7. The van der Waals surface area contributed by atoms with Gasteiger partial charge in [0.15, 0.2) is 0 Å². The van der Waals surface area contributed by atoms with Crippen LogP contribution >= 0.6 is 0 Å². The van der Waals surface area contributed by atoms with Gasteiger partial charge in [-0.15, -0.1) is 0 Å². The number of hydrogen-bond acceptors (Lipinski definition) is 6. The van der Waals surface area contributed by atoms with E-state index >= 15 is 0 Å². The Hall–Kier alpha value is -4.54. The first-order valence-corrected chi connectivity index (χ1v) is 11.2. The molecule has 0 aliphatic rings. The zero-order chi connectivity index (χ0) is 26.6. The molecule has 0 aliphatic heterocycles. The molecule has 11 heteroatoms. The van der Waals surface area contributed by atoms with E-state index in [1.807, 2.05) is 37.3 Å². The van der Waals surface area contributed by atoms with E-state index in [2.05, 4.69) is 10.1 Å². The molecule has 0 bridgehead atoms. The Kier molecular flexibility index (Phi) is 7.32. The number of alkyl halides is 3. The Labute approximate surface area is 209 Å². The number of carbonyl (C=O) groups excluding carboxylic acids is 1. The van der Waals surface area contributed by atoms with E-state index in [9.17, 15) is 28.1 Å². The van der Waals surface area contributed by atoms with Crippen molar-refractivity contribution >= 4 is 11.6 Å². The molecular weight excluding hydrogens is 489 g/mol. The molecule has 0 radical (unpaired) electrons. The van der Waals surface area contributed by atoms with Gasteiger partial charge in [-0.1, -0.05) is 47.6 Å². The molecular formula is C26H21F3N4O4. The zero-order valence-electron chi connectivity index (χ0n) is 19.6. The second kappa shape index (κ2) is 10.6. The second-order valence-corrected chi connectivity index (χ2v) is 8.23. The molecule has 8 nitrogen and oxygen atoms in total. The van der Waals surface area contributed by atoms with E-state index < -0.39 is 28.6 Å². The first-order valence-electron chi connectivity index (χ1n) is 11.2. The average molecular weight is 510 g/mol. The fourth-order valence-electron chi connectivity index (χ4n) is 3.80. The third-order valence-electron chi connectivity index (χ3n) is 5.82. The van der Waals surface area contributed by atoms with Gasteiger partial charge in [0.05, 0.1) is 16.5 Å². The van der Waals surface area contributed by atoms with Gasteiger partial charge in [-0.3, -0.25) is 14.9 Å². The Balaban J connectivity index is 1.56. The van der Waals surface area contributed by atoms with Gasteiger partial charge < -0.3 is 9.42 Å². The van der Waals surface area contributed by atoms with Crippen LogP contribution in [0.25, 0.3) is 11.4 Å². The van der Waals surface area contributed by atoms with Crippen LogP contribution in [-0.4, -0.2) is 32.4 Å². The summed E-state index contributed by atoms with van der Waals surface area (Å²) in [6.45, 7) is 1.95. The van der Waals surface area contributed by atoms with E-state index in [1.54, 1.807) is 6.07 Å². The van der Waals surface area contributed by atoms with Crippen molar-refractivity contribution in [2.75, 3.05) is 6.54 Å². The summed E-state index contributed by atoms with van der Waals surface area (Å²) in [6.07, 6.45) is -4.35. The van der Waals surface area contributed by atoms with Crippen LogP contribution in [0.5, 0.6) is 0 Å². The maximum Gasteiger partial charge on any atom is 0.416 e. The van der Waals surface area contributed by atoms with Crippen LogP contribution in [0, 0.1) is 10.1 Å². The lowest BCUT2D eigenvalue weighted by molar-refractivity contribution is -0.384. The number of nitrogens with zero attached hydrogens (tertiary/aromatic N) is 4. The molecule has 4 rings (SSSR count). The van der Waals surface area contributed by atoms with E-state index in [1.165, 1.54) is 23.1 Å². The quantitative estimate of drug-likeness (QED) is 0.209. The molecule has 0 N–H and O–H groups in total. The number of carbonyl (C=O) groups is 1. The smallest absolute Gasteiger partial charge is 0.339 e. The number of nitro groups is 1. The minimum Gasteiger partial charge on any atom is -0.339 e. The lowest BCUT2D eigenvalue weighted by Crippen LogP contribution is -2.35. The summed E-state index contributed by atoms with van der Waals surface area (Å²) in [5.41, 5.74) is 0.392. The van der Waals surface area contributed by atoms with Crippen molar-refractivity contribution in [2.45, 2.75) is 25.6 Å². The van der Waals surface area contributed by atoms with Gasteiger partial charge in [-0.2, -0.15) is 18.2 Å². The van der Waals surface area contributed by atoms with Crippen LogP contribution in [0.4, 0.5) is 18.9 Å². The molecule has 0 fully saturated rings. The summed E-state index contributed by atoms with van der Waals surface area (Å²) in [4.78, 5) is 29.7. The average Bonchev–Trinajstić information content (AvgIpc) is 3.38. The number of hydrogen-bond donors (Lipinski definition) is 0. The van der Waals surface area contributed by atoms with E-state index in [0.717, 1.165) is 29.8 Å². The molecule has 1 atom stereocenters. The van der Waals surface area contributed by atoms with Crippen molar-refractivity contribution < 1.29 is 27.4 Å². The van der Waals surface area contributed by atoms with E-state index in [-0.39, 0.29) is 35.9 Å². The molecule has 0 unspecified atom stereocenters. The highest BCUT2D eigenvalue weighted by Crippen LogP contribution is 2.30. The summed E-state index contributed by atoms with van der Waals surface area (Å²) in [5.74, 6) is -0.0917. The largest absolute Gasteiger partial charge is 0.416 e. The van der Waals surface area contributed by atoms with Crippen LogP contribution in [0.15, 0.2) is 83.4 Å². The third kappa shape index (κ3) is 6.00. The van der Waals surface area contributed by atoms with Crippen LogP contribution in [0.2, 0.25) is 0 Å². The van der Waals surface area contributed by atoms with Gasteiger partial charge in [0.25, 0.3) is 11.6 Å². The molecule has 4 aromatic rings. The monoisotopic (exact) mass is 510 g/mol. The first kappa shape index (κ1) is 25.5. The fourth-order valence-corrected chi connectivity index (χ4v) is 3.80. The van der Waals surface area contributed by atoms with Crippen molar-refractivity contribution in [3.8, 4) is 11.4 Å². The lowest BCUT2D eigenvalue weighted by atomic mass is 10.0. The molecule has 0 aliphatic carbocycles. The first-order chi connectivity index (χ1) is 17.6. The number of aromatic nitrogens is 2. The van der Waals surface area contributed by atoms with Crippen LogP contribution in [0.3, 0.4) is 0 Å². The Morgan fingerprint density at radius 2 is 1.76 bits per heavy atom. The SMILES string of the molecule is C[C@H](c1ccccc1)N(CCc1nc(-c2cccc([N+](=O)[O-])c2)no1)C(=O)c1ccc(C(F)(F)F)cc1. The molecule has 1 amide bonds. The molecule has 0 saturated carbocycles. The molecule has 1 aromatic heterocycles. The van der Waals surface area contributed by atoms with Gasteiger partial charge in [0.2, 0.25) is 11.7 Å². The van der Waals surface area contributed by atoms with Crippen molar-refractivity contribution in [3.05, 3.63) is 112 Å². The highest BCUT2D eigenvalue weighted by molar-refractivity contribution is 5.94. The topological polar surface area (TPSA) is 102 Å². The highest BCUT2D eigenvalue weighted by Gasteiger charge is 2.31. The zero-order valence-corrected chi connectivity index (χ0v) is 19.6. The third-order valence-corrected chi connectivity index (χ3v) is 5.82. The highest BCUT2D eigenvalue weighted by atomic mass is 19.4. The Morgan fingerprint density at radius 3 is 2.41 bits per heavy atom. The van der Waals surface area contributed by atoms with Crippen molar-refractivity contribution in [1.29, 1.82) is 0 Å². The van der Waals surface area contributed by atoms with Gasteiger partial charge >= 0.3 is 6.18 Å². The molecule has 3 aromatic carbocycles.